The number of nitrogens with zero attached hydrogens (tertiary/aromatic N) is 1. The predicted molar refractivity (Wildman–Crippen MR) is 92.4 cm³/mol. The maximum Gasteiger partial charge on any atom is 0.159 e. The van der Waals surface area contributed by atoms with Gasteiger partial charge in [0.05, 0.1) is 0 Å². The number of likely N-dealkylation sites (N-methyl/N-ethyl adjacent to an activating group) is 1. The third kappa shape index (κ3) is 4.89. The van der Waals surface area contributed by atoms with Gasteiger partial charge in [0.15, 0.2) is 5.78 Å². The third-order valence-electron chi connectivity index (χ3n) is 3.52. The topological polar surface area (TPSA) is 20.3 Å². The lowest BCUT2D eigenvalue weighted by Gasteiger charge is -2.20. The van der Waals surface area contributed by atoms with E-state index in [0.717, 1.165) is 23.2 Å². The molecule has 0 aliphatic rings. The Balaban J connectivity index is 3.03. The van der Waals surface area contributed by atoms with E-state index in [2.05, 4.69) is 13.8 Å². The molecule has 0 spiro atoms. The molecule has 1 aromatic rings. The molecule has 0 saturated carbocycles. The highest BCUT2D eigenvalue weighted by atomic mass is 16.1. The summed E-state index contributed by atoms with van der Waals surface area (Å²) >= 11 is 0. The SMILES string of the molecule is [B]c1cc(CC(=O)/C=C/CN(C)C)c(C(C)C)c([B])c1C. The normalized spacial score (nSPS) is 11.8. The van der Waals surface area contributed by atoms with Crippen molar-refractivity contribution in [1.82, 2.24) is 4.90 Å². The van der Waals surface area contributed by atoms with Crippen LogP contribution >= 0.6 is 0 Å². The molecule has 1 aromatic carbocycles. The largest absolute Gasteiger partial charge is 0.306 e. The Morgan fingerprint density at radius 1 is 1.33 bits per heavy atom. The minimum absolute atomic E-state index is 0.0707. The van der Waals surface area contributed by atoms with Crippen LogP contribution in [-0.4, -0.2) is 47.0 Å². The summed E-state index contributed by atoms with van der Waals surface area (Å²) in [6.07, 6.45) is 3.85. The second-order valence-electron chi connectivity index (χ2n) is 6.04. The highest BCUT2D eigenvalue weighted by Gasteiger charge is 2.14. The van der Waals surface area contributed by atoms with Crippen molar-refractivity contribution in [2.75, 3.05) is 20.6 Å². The highest BCUT2D eigenvalue weighted by molar-refractivity contribution is 6.40. The number of hydrogen-bond donors (Lipinski definition) is 0. The van der Waals surface area contributed by atoms with E-state index < -0.39 is 0 Å². The van der Waals surface area contributed by atoms with E-state index in [1.807, 2.05) is 38.1 Å². The summed E-state index contributed by atoms with van der Waals surface area (Å²) in [4.78, 5) is 14.1. The summed E-state index contributed by atoms with van der Waals surface area (Å²) in [5, 5.41) is 0. The van der Waals surface area contributed by atoms with Crippen LogP contribution in [0.1, 0.15) is 36.5 Å². The van der Waals surface area contributed by atoms with Crippen LogP contribution in [0, 0.1) is 6.92 Å². The minimum Gasteiger partial charge on any atom is -0.306 e. The first kappa shape index (κ1) is 17.8. The number of rotatable bonds is 6. The molecule has 0 unspecified atom stereocenters. The Hall–Kier alpha value is -1.28. The van der Waals surface area contributed by atoms with Crippen LogP contribution in [0.25, 0.3) is 0 Å². The van der Waals surface area contributed by atoms with E-state index in [1.54, 1.807) is 6.08 Å². The van der Waals surface area contributed by atoms with Gasteiger partial charge in [0.1, 0.15) is 15.7 Å². The minimum atomic E-state index is 0.0707. The van der Waals surface area contributed by atoms with Gasteiger partial charge in [-0.15, -0.1) is 0 Å². The van der Waals surface area contributed by atoms with E-state index in [4.69, 9.17) is 15.7 Å². The maximum absolute atomic E-state index is 12.1. The van der Waals surface area contributed by atoms with Crippen molar-refractivity contribution < 1.29 is 4.79 Å². The highest BCUT2D eigenvalue weighted by Crippen LogP contribution is 2.18. The van der Waals surface area contributed by atoms with Gasteiger partial charge in [0.25, 0.3) is 0 Å². The fourth-order valence-electron chi connectivity index (χ4n) is 2.37. The van der Waals surface area contributed by atoms with Crippen LogP contribution in [0.15, 0.2) is 18.2 Å². The number of ketones is 1. The molecule has 0 saturated heterocycles. The second-order valence-corrected chi connectivity index (χ2v) is 6.04. The maximum atomic E-state index is 12.1. The van der Waals surface area contributed by atoms with Gasteiger partial charge in [0, 0.05) is 13.0 Å². The number of hydrogen-bond acceptors (Lipinski definition) is 2. The van der Waals surface area contributed by atoms with Gasteiger partial charge in [-0.2, -0.15) is 0 Å². The monoisotopic (exact) mass is 279 g/mol. The van der Waals surface area contributed by atoms with Crippen molar-refractivity contribution in [3.63, 3.8) is 0 Å². The molecule has 4 radical (unpaired) electrons. The van der Waals surface area contributed by atoms with E-state index >= 15 is 0 Å². The molecule has 0 aliphatic carbocycles. The molecule has 0 aliphatic heterocycles. The predicted octanol–water partition coefficient (Wildman–Crippen LogP) is 0.935. The van der Waals surface area contributed by atoms with Crippen molar-refractivity contribution >= 4 is 32.4 Å². The molecule has 0 atom stereocenters. The average molecular weight is 279 g/mol. The van der Waals surface area contributed by atoms with Crippen LogP contribution in [-0.2, 0) is 11.2 Å². The van der Waals surface area contributed by atoms with E-state index in [0.29, 0.717) is 17.3 Å². The van der Waals surface area contributed by atoms with Crippen LogP contribution < -0.4 is 10.9 Å². The average Bonchev–Trinajstić information content (AvgIpc) is 2.35. The van der Waals surface area contributed by atoms with Gasteiger partial charge in [-0.3, -0.25) is 4.79 Å². The van der Waals surface area contributed by atoms with Crippen molar-refractivity contribution in [3.05, 3.63) is 34.9 Å². The first-order valence-electron chi connectivity index (χ1n) is 7.25. The number of carbonyl (C=O) groups excluding carboxylic acids is 1. The van der Waals surface area contributed by atoms with E-state index in [1.165, 1.54) is 0 Å². The van der Waals surface area contributed by atoms with Crippen LogP contribution in [0.5, 0.6) is 0 Å². The smallest absolute Gasteiger partial charge is 0.159 e. The Labute approximate surface area is 131 Å². The molecule has 0 heterocycles. The molecule has 21 heavy (non-hydrogen) atoms. The lowest BCUT2D eigenvalue weighted by Crippen LogP contribution is -2.27. The second kappa shape index (κ2) is 7.65. The van der Waals surface area contributed by atoms with Gasteiger partial charge in [-0.05, 0) is 44.1 Å². The fourth-order valence-corrected chi connectivity index (χ4v) is 2.37. The molecule has 0 amide bonds. The number of carbonyl (C=O) groups is 1. The zero-order chi connectivity index (χ0) is 16.2. The molecule has 0 bridgehead atoms. The van der Waals surface area contributed by atoms with Gasteiger partial charge in [-0.1, -0.05) is 42.5 Å². The zero-order valence-electron chi connectivity index (χ0n) is 13.7. The quantitative estimate of drug-likeness (QED) is 0.570. The van der Waals surface area contributed by atoms with Crippen molar-refractivity contribution in [1.29, 1.82) is 0 Å². The van der Waals surface area contributed by atoms with E-state index in [-0.39, 0.29) is 11.7 Å². The van der Waals surface area contributed by atoms with Crippen LogP contribution in [0.3, 0.4) is 0 Å². The molecule has 1 rings (SSSR count). The van der Waals surface area contributed by atoms with E-state index in [9.17, 15) is 4.79 Å². The molecular formula is C17H23B2NO. The summed E-state index contributed by atoms with van der Waals surface area (Å²) in [5.41, 5.74) is 4.24. The standard InChI is InChI=1S/C17H23B2NO/c1-11(2)16-13(10-15(18)12(3)17(16)19)9-14(21)7-6-8-20(4)5/h6-7,10-11H,8-9H2,1-5H3/b7-6+. The van der Waals surface area contributed by atoms with Crippen molar-refractivity contribution in [2.45, 2.75) is 33.1 Å². The summed E-state index contributed by atoms with van der Waals surface area (Å²) in [6.45, 7) is 6.83. The van der Waals surface area contributed by atoms with Gasteiger partial charge in [0.2, 0.25) is 0 Å². The Morgan fingerprint density at radius 3 is 2.48 bits per heavy atom. The first-order chi connectivity index (χ1) is 9.73. The molecule has 0 aromatic heterocycles. The lowest BCUT2D eigenvalue weighted by atomic mass is 9.73. The summed E-state index contributed by atoms with van der Waals surface area (Å²) in [7, 11) is 16.1. The summed E-state index contributed by atoms with van der Waals surface area (Å²) in [6, 6.07) is 1.89. The van der Waals surface area contributed by atoms with Gasteiger partial charge >= 0.3 is 0 Å². The number of benzene rings is 1. The molecule has 108 valence electrons. The molecule has 0 fully saturated rings. The first-order valence-corrected chi connectivity index (χ1v) is 7.25. The Kier molecular flexibility index (Phi) is 6.47. The zero-order valence-corrected chi connectivity index (χ0v) is 13.7. The Morgan fingerprint density at radius 2 is 1.95 bits per heavy atom. The van der Waals surface area contributed by atoms with Crippen LogP contribution in [0.4, 0.5) is 0 Å². The molecule has 4 heteroatoms. The van der Waals surface area contributed by atoms with Crippen LogP contribution in [0.2, 0.25) is 0 Å². The van der Waals surface area contributed by atoms with Crippen molar-refractivity contribution in [2.24, 2.45) is 0 Å². The fraction of sp³-hybridized carbons (Fsp3) is 0.471. The lowest BCUT2D eigenvalue weighted by molar-refractivity contribution is -0.114. The number of allylic oxidation sites excluding steroid dienone is 1. The van der Waals surface area contributed by atoms with Gasteiger partial charge in [-0.25, -0.2) is 0 Å². The summed E-state index contributed by atoms with van der Waals surface area (Å²) in [5.74, 6) is 0.333. The van der Waals surface area contributed by atoms with Gasteiger partial charge < -0.3 is 4.90 Å². The molecular weight excluding hydrogens is 256 g/mol. The summed E-state index contributed by atoms with van der Waals surface area (Å²) < 4.78 is 0. The third-order valence-corrected chi connectivity index (χ3v) is 3.52. The molecule has 2 nitrogen and oxygen atoms in total. The van der Waals surface area contributed by atoms with Crippen molar-refractivity contribution in [3.8, 4) is 0 Å². The molecule has 0 N–H and O–H groups in total. The Bertz CT molecular complexity index is 548.